The van der Waals surface area contributed by atoms with E-state index in [1.807, 2.05) is 38.1 Å². The molecule has 15 heavy (non-hydrogen) atoms. The molecule has 0 saturated heterocycles. The number of aliphatic hydroxyl groups excluding tert-OH is 1. The largest absolute Gasteiger partial charge is 0.384 e. The Morgan fingerprint density at radius 1 is 1.33 bits per heavy atom. The molecule has 80 valence electrons. The van der Waals surface area contributed by atoms with E-state index in [4.69, 9.17) is 9.84 Å². The van der Waals surface area contributed by atoms with E-state index in [2.05, 4.69) is 11.8 Å². The van der Waals surface area contributed by atoms with Gasteiger partial charge in [0.15, 0.2) is 0 Å². The lowest BCUT2D eigenvalue weighted by molar-refractivity contribution is 0.0656. The van der Waals surface area contributed by atoms with Gasteiger partial charge in [0.2, 0.25) is 0 Å². The lowest BCUT2D eigenvalue weighted by atomic mass is 10.1. The molecule has 2 nitrogen and oxygen atoms in total. The van der Waals surface area contributed by atoms with Crippen LogP contribution in [0.1, 0.15) is 25.0 Å². The normalized spacial score (nSPS) is 9.87. The number of hydrogen-bond acceptors (Lipinski definition) is 2. The Kier molecular flexibility index (Phi) is 4.89. The zero-order valence-electron chi connectivity index (χ0n) is 9.16. The van der Waals surface area contributed by atoms with Gasteiger partial charge in [-0.3, -0.25) is 0 Å². The highest BCUT2D eigenvalue weighted by Gasteiger charge is 2.00. The fourth-order valence-electron chi connectivity index (χ4n) is 1.16. The standard InChI is InChI=1S/C13H16O2/c1-11(2)15-10-13-7-4-3-6-12(13)8-5-9-14/h3-4,6-7,11,14H,9-10H2,1-2H3. The molecule has 0 aromatic heterocycles. The molecule has 2 heteroatoms. The quantitative estimate of drug-likeness (QED) is 0.763. The van der Waals surface area contributed by atoms with Gasteiger partial charge in [0.25, 0.3) is 0 Å². The summed E-state index contributed by atoms with van der Waals surface area (Å²) in [6.45, 7) is 4.46. The van der Waals surface area contributed by atoms with Crippen molar-refractivity contribution in [1.29, 1.82) is 0 Å². The molecule has 0 unspecified atom stereocenters. The average molecular weight is 204 g/mol. The molecule has 0 atom stereocenters. The Morgan fingerprint density at radius 3 is 2.73 bits per heavy atom. The third-order valence-electron chi connectivity index (χ3n) is 1.89. The molecule has 0 heterocycles. The molecule has 0 aliphatic heterocycles. The van der Waals surface area contributed by atoms with Crippen molar-refractivity contribution in [1.82, 2.24) is 0 Å². The van der Waals surface area contributed by atoms with Gasteiger partial charge in [-0.1, -0.05) is 30.0 Å². The van der Waals surface area contributed by atoms with Crippen LogP contribution >= 0.6 is 0 Å². The maximum Gasteiger partial charge on any atom is 0.104 e. The third-order valence-corrected chi connectivity index (χ3v) is 1.89. The molecule has 0 aliphatic carbocycles. The zero-order chi connectivity index (χ0) is 11.1. The minimum Gasteiger partial charge on any atom is -0.384 e. The van der Waals surface area contributed by atoms with Crippen molar-refractivity contribution in [3.05, 3.63) is 35.4 Å². The highest BCUT2D eigenvalue weighted by molar-refractivity contribution is 5.40. The molecule has 1 N–H and O–H groups in total. The molecule has 0 radical (unpaired) electrons. The topological polar surface area (TPSA) is 29.5 Å². The van der Waals surface area contributed by atoms with E-state index in [0.717, 1.165) is 11.1 Å². The second-order valence-corrected chi connectivity index (χ2v) is 3.48. The fourth-order valence-corrected chi connectivity index (χ4v) is 1.16. The Balaban J connectivity index is 2.77. The first-order chi connectivity index (χ1) is 7.24. The lowest BCUT2D eigenvalue weighted by Gasteiger charge is -2.08. The van der Waals surface area contributed by atoms with Crippen LogP contribution in [0, 0.1) is 11.8 Å². The number of ether oxygens (including phenoxy) is 1. The van der Waals surface area contributed by atoms with Crippen LogP contribution < -0.4 is 0 Å². The van der Waals surface area contributed by atoms with E-state index in [9.17, 15) is 0 Å². The SMILES string of the molecule is CC(C)OCc1ccccc1C#CCO. The third kappa shape index (κ3) is 4.16. The van der Waals surface area contributed by atoms with Gasteiger partial charge >= 0.3 is 0 Å². The van der Waals surface area contributed by atoms with Crippen LogP contribution in [-0.4, -0.2) is 17.8 Å². The van der Waals surface area contributed by atoms with Crippen molar-refractivity contribution in [3.8, 4) is 11.8 Å². The molecular formula is C13H16O2. The average Bonchev–Trinajstić information content (AvgIpc) is 2.24. The van der Waals surface area contributed by atoms with Gasteiger partial charge in [0.1, 0.15) is 6.61 Å². The fraction of sp³-hybridized carbons (Fsp3) is 0.385. The van der Waals surface area contributed by atoms with Gasteiger partial charge < -0.3 is 9.84 Å². The number of aliphatic hydroxyl groups is 1. The summed E-state index contributed by atoms with van der Waals surface area (Å²) < 4.78 is 5.52. The summed E-state index contributed by atoms with van der Waals surface area (Å²) in [7, 11) is 0. The minimum absolute atomic E-state index is 0.112. The zero-order valence-corrected chi connectivity index (χ0v) is 9.16. The second-order valence-electron chi connectivity index (χ2n) is 3.48. The van der Waals surface area contributed by atoms with Crippen LogP contribution in [0.15, 0.2) is 24.3 Å². The van der Waals surface area contributed by atoms with Crippen molar-refractivity contribution in [2.75, 3.05) is 6.61 Å². The Hall–Kier alpha value is -1.30. The summed E-state index contributed by atoms with van der Waals surface area (Å²) in [5.41, 5.74) is 1.99. The monoisotopic (exact) mass is 204 g/mol. The van der Waals surface area contributed by atoms with Crippen molar-refractivity contribution < 1.29 is 9.84 Å². The molecular weight excluding hydrogens is 188 g/mol. The van der Waals surface area contributed by atoms with Crippen molar-refractivity contribution >= 4 is 0 Å². The van der Waals surface area contributed by atoms with E-state index < -0.39 is 0 Å². The molecule has 1 aromatic carbocycles. The Bertz CT molecular complexity index is 358. The van der Waals surface area contributed by atoms with Crippen LogP contribution in [0.4, 0.5) is 0 Å². The molecule has 1 rings (SSSR count). The highest BCUT2D eigenvalue weighted by Crippen LogP contribution is 2.09. The number of rotatable bonds is 3. The Morgan fingerprint density at radius 2 is 2.07 bits per heavy atom. The maximum atomic E-state index is 8.63. The van der Waals surface area contributed by atoms with Crippen molar-refractivity contribution in [2.45, 2.75) is 26.6 Å². The van der Waals surface area contributed by atoms with E-state index >= 15 is 0 Å². The summed E-state index contributed by atoms with van der Waals surface area (Å²) in [5.74, 6) is 5.55. The van der Waals surface area contributed by atoms with E-state index in [1.54, 1.807) is 0 Å². The van der Waals surface area contributed by atoms with Gasteiger partial charge in [-0.25, -0.2) is 0 Å². The van der Waals surface area contributed by atoms with Crippen LogP contribution in [0.3, 0.4) is 0 Å². The highest BCUT2D eigenvalue weighted by atomic mass is 16.5. The smallest absolute Gasteiger partial charge is 0.104 e. The van der Waals surface area contributed by atoms with Gasteiger partial charge in [-0.15, -0.1) is 0 Å². The van der Waals surface area contributed by atoms with E-state index in [0.29, 0.717) is 6.61 Å². The molecule has 0 fully saturated rings. The second kappa shape index (κ2) is 6.23. The molecule has 0 bridgehead atoms. The predicted molar refractivity (Wildman–Crippen MR) is 60.3 cm³/mol. The Labute approximate surface area is 90.9 Å². The summed E-state index contributed by atoms with van der Waals surface area (Å²) in [6.07, 6.45) is 0.212. The predicted octanol–water partition coefficient (Wildman–Crippen LogP) is 1.96. The van der Waals surface area contributed by atoms with E-state index in [-0.39, 0.29) is 12.7 Å². The van der Waals surface area contributed by atoms with Crippen molar-refractivity contribution in [2.24, 2.45) is 0 Å². The molecule has 0 aliphatic rings. The maximum absolute atomic E-state index is 8.63. The number of benzene rings is 1. The first kappa shape index (κ1) is 11.8. The van der Waals surface area contributed by atoms with Crippen LogP contribution in [-0.2, 0) is 11.3 Å². The summed E-state index contributed by atoms with van der Waals surface area (Å²) in [5, 5.41) is 8.63. The van der Waals surface area contributed by atoms with Gasteiger partial charge in [-0.2, -0.15) is 0 Å². The summed E-state index contributed by atoms with van der Waals surface area (Å²) in [6, 6.07) is 7.81. The van der Waals surface area contributed by atoms with Gasteiger partial charge in [0.05, 0.1) is 12.7 Å². The first-order valence-corrected chi connectivity index (χ1v) is 5.03. The molecule has 1 aromatic rings. The summed E-state index contributed by atoms with van der Waals surface area (Å²) in [4.78, 5) is 0. The van der Waals surface area contributed by atoms with Crippen molar-refractivity contribution in [3.63, 3.8) is 0 Å². The van der Waals surface area contributed by atoms with Crippen LogP contribution in [0.25, 0.3) is 0 Å². The lowest BCUT2D eigenvalue weighted by Crippen LogP contribution is -2.03. The molecule has 0 amide bonds. The van der Waals surface area contributed by atoms with Gasteiger partial charge in [-0.05, 0) is 25.5 Å². The number of hydrogen-bond donors (Lipinski definition) is 1. The molecule has 0 saturated carbocycles. The summed E-state index contributed by atoms with van der Waals surface area (Å²) >= 11 is 0. The minimum atomic E-state index is -0.112. The van der Waals surface area contributed by atoms with Crippen LogP contribution in [0.2, 0.25) is 0 Å². The van der Waals surface area contributed by atoms with Crippen LogP contribution in [0.5, 0.6) is 0 Å². The molecule has 0 spiro atoms. The first-order valence-electron chi connectivity index (χ1n) is 5.03. The van der Waals surface area contributed by atoms with Gasteiger partial charge in [0, 0.05) is 5.56 Å². The van der Waals surface area contributed by atoms with E-state index in [1.165, 1.54) is 0 Å².